The second kappa shape index (κ2) is 6.86. The fourth-order valence-electron chi connectivity index (χ4n) is 2.14. The maximum absolute atomic E-state index is 6.04. The molecule has 0 radical (unpaired) electrons. The van der Waals surface area contributed by atoms with E-state index in [1.807, 2.05) is 30.3 Å². The lowest BCUT2D eigenvalue weighted by atomic mass is 10.2. The maximum Gasteiger partial charge on any atom is 0.229 e. The number of fused-ring (bicyclic) bond motifs is 1. The summed E-state index contributed by atoms with van der Waals surface area (Å²) < 4.78 is 0. The van der Waals surface area contributed by atoms with E-state index in [4.69, 9.17) is 23.2 Å². The molecule has 23 heavy (non-hydrogen) atoms. The summed E-state index contributed by atoms with van der Waals surface area (Å²) >= 11 is 12.0. The van der Waals surface area contributed by atoms with E-state index in [2.05, 4.69) is 27.2 Å². The van der Waals surface area contributed by atoms with Gasteiger partial charge in [0.1, 0.15) is 5.82 Å². The minimum Gasteiger partial charge on any atom is -0.366 e. The Balaban J connectivity index is 1.99. The van der Waals surface area contributed by atoms with Crippen LogP contribution >= 0.6 is 23.2 Å². The molecule has 0 spiro atoms. The van der Waals surface area contributed by atoms with Crippen LogP contribution in [0.3, 0.4) is 0 Å². The highest BCUT2D eigenvalue weighted by Gasteiger charge is 2.08. The van der Waals surface area contributed by atoms with Gasteiger partial charge in [-0.05, 0) is 30.3 Å². The van der Waals surface area contributed by atoms with Gasteiger partial charge in [0, 0.05) is 17.6 Å². The van der Waals surface area contributed by atoms with Crippen LogP contribution in [0.2, 0.25) is 10.0 Å². The lowest BCUT2D eigenvalue weighted by molar-refractivity contribution is 1.18. The second-order valence-electron chi connectivity index (χ2n) is 4.84. The Morgan fingerprint density at radius 1 is 1.04 bits per heavy atom. The van der Waals surface area contributed by atoms with Crippen molar-refractivity contribution in [3.8, 4) is 0 Å². The highest BCUT2D eigenvalue weighted by molar-refractivity contribution is 6.42. The van der Waals surface area contributed by atoms with Crippen LogP contribution in [0.25, 0.3) is 10.9 Å². The molecule has 0 aliphatic heterocycles. The molecule has 116 valence electrons. The van der Waals surface area contributed by atoms with Gasteiger partial charge in [0.25, 0.3) is 0 Å². The van der Waals surface area contributed by atoms with Gasteiger partial charge in [0.2, 0.25) is 5.95 Å². The Labute approximate surface area is 144 Å². The van der Waals surface area contributed by atoms with Crippen molar-refractivity contribution in [3.05, 3.63) is 65.2 Å². The molecule has 1 heterocycles. The van der Waals surface area contributed by atoms with E-state index in [9.17, 15) is 0 Å². The third kappa shape index (κ3) is 3.55. The van der Waals surface area contributed by atoms with Crippen molar-refractivity contribution in [1.82, 2.24) is 9.97 Å². The average Bonchev–Trinajstić information content (AvgIpc) is 2.56. The fraction of sp³-hybridized carbons (Fsp3) is 0.0588. The maximum atomic E-state index is 6.04. The quantitative estimate of drug-likeness (QED) is 0.618. The first-order chi connectivity index (χ1) is 11.2. The van der Waals surface area contributed by atoms with Gasteiger partial charge >= 0.3 is 0 Å². The zero-order valence-corrected chi connectivity index (χ0v) is 13.7. The highest BCUT2D eigenvalue weighted by atomic mass is 35.5. The summed E-state index contributed by atoms with van der Waals surface area (Å²) in [5.74, 6) is 1.23. The molecule has 3 aromatic rings. The first kappa shape index (κ1) is 15.6. The van der Waals surface area contributed by atoms with Gasteiger partial charge in [-0.3, -0.25) is 0 Å². The molecule has 0 amide bonds. The van der Waals surface area contributed by atoms with Crippen LogP contribution in [0.15, 0.2) is 55.1 Å². The van der Waals surface area contributed by atoms with E-state index >= 15 is 0 Å². The lowest BCUT2D eigenvalue weighted by Crippen LogP contribution is -2.05. The van der Waals surface area contributed by atoms with Gasteiger partial charge in [-0.2, -0.15) is 4.98 Å². The van der Waals surface area contributed by atoms with E-state index in [0.29, 0.717) is 22.5 Å². The molecule has 0 bridgehead atoms. The largest absolute Gasteiger partial charge is 0.366 e. The number of nitrogens with one attached hydrogen (secondary N) is 2. The number of aromatic nitrogens is 2. The molecule has 2 N–H and O–H groups in total. The molecule has 0 aliphatic rings. The van der Waals surface area contributed by atoms with E-state index in [1.54, 1.807) is 18.2 Å². The molecule has 0 unspecified atom stereocenters. The molecule has 0 aliphatic carbocycles. The average molecular weight is 345 g/mol. The molecule has 6 heteroatoms. The van der Waals surface area contributed by atoms with E-state index in [-0.39, 0.29) is 0 Å². The van der Waals surface area contributed by atoms with Crippen LogP contribution in [0.4, 0.5) is 17.5 Å². The minimum absolute atomic E-state index is 0.475. The number of hydrogen-bond donors (Lipinski definition) is 2. The Morgan fingerprint density at radius 2 is 1.87 bits per heavy atom. The zero-order valence-electron chi connectivity index (χ0n) is 12.2. The first-order valence-corrected chi connectivity index (χ1v) is 7.76. The molecule has 1 aromatic heterocycles. The van der Waals surface area contributed by atoms with Crippen molar-refractivity contribution < 1.29 is 0 Å². The summed E-state index contributed by atoms with van der Waals surface area (Å²) in [4.78, 5) is 9.06. The monoisotopic (exact) mass is 344 g/mol. The number of anilines is 3. The van der Waals surface area contributed by atoms with Gasteiger partial charge in [0.05, 0.1) is 15.6 Å². The van der Waals surface area contributed by atoms with Gasteiger partial charge in [-0.25, -0.2) is 4.98 Å². The van der Waals surface area contributed by atoms with E-state index < -0.39 is 0 Å². The third-order valence-corrected chi connectivity index (χ3v) is 3.93. The number of nitrogens with zero attached hydrogens (tertiary/aromatic N) is 2. The van der Waals surface area contributed by atoms with Crippen molar-refractivity contribution >= 4 is 51.6 Å². The van der Waals surface area contributed by atoms with Crippen LogP contribution in [-0.4, -0.2) is 16.5 Å². The second-order valence-corrected chi connectivity index (χ2v) is 5.65. The highest BCUT2D eigenvalue weighted by Crippen LogP contribution is 2.27. The predicted octanol–water partition coefficient (Wildman–Crippen LogP) is 5.28. The summed E-state index contributed by atoms with van der Waals surface area (Å²) in [6.07, 6.45) is 1.78. The van der Waals surface area contributed by atoms with E-state index in [1.165, 1.54) is 0 Å². The number of rotatable bonds is 5. The molecule has 0 saturated carbocycles. The third-order valence-electron chi connectivity index (χ3n) is 3.19. The SMILES string of the molecule is C=CCNc1nc(Nc2ccc(Cl)c(Cl)c2)nc2ccccc12. The molecule has 0 fully saturated rings. The van der Waals surface area contributed by atoms with Gasteiger partial charge in [0.15, 0.2) is 0 Å². The molecule has 0 saturated heterocycles. The van der Waals surface area contributed by atoms with Crippen LogP contribution in [0.5, 0.6) is 0 Å². The van der Waals surface area contributed by atoms with Crippen LogP contribution in [-0.2, 0) is 0 Å². The Bertz CT molecular complexity index is 864. The number of hydrogen-bond acceptors (Lipinski definition) is 4. The number of para-hydroxylation sites is 1. The topological polar surface area (TPSA) is 49.8 Å². The standard InChI is InChI=1S/C17H14Cl2N4/c1-2-9-20-16-12-5-3-4-6-15(12)22-17(23-16)21-11-7-8-13(18)14(19)10-11/h2-8,10H,1,9H2,(H2,20,21,22,23). The minimum atomic E-state index is 0.475. The molecule has 3 rings (SSSR count). The summed E-state index contributed by atoms with van der Waals surface area (Å²) in [5, 5.41) is 8.31. The number of benzene rings is 2. The smallest absolute Gasteiger partial charge is 0.229 e. The summed E-state index contributed by atoms with van der Waals surface area (Å²) in [7, 11) is 0. The van der Waals surface area contributed by atoms with Gasteiger partial charge in [-0.15, -0.1) is 6.58 Å². The normalized spacial score (nSPS) is 10.5. The van der Waals surface area contributed by atoms with Gasteiger partial charge in [-0.1, -0.05) is 41.4 Å². The van der Waals surface area contributed by atoms with Crippen molar-refractivity contribution in [2.24, 2.45) is 0 Å². The van der Waals surface area contributed by atoms with Crippen molar-refractivity contribution in [1.29, 1.82) is 0 Å². The summed E-state index contributed by atoms with van der Waals surface area (Å²) in [5.41, 5.74) is 1.61. The van der Waals surface area contributed by atoms with Crippen molar-refractivity contribution in [3.63, 3.8) is 0 Å². The van der Waals surface area contributed by atoms with Crippen molar-refractivity contribution in [2.75, 3.05) is 17.2 Å². The Kier molecular flexibility index (Phi) is 4.65. The molecular weight excluding hydrogens is 331 g/mol. The van der Waals surface area contributed by atoms with Gasteiger partial charge < -0.3 is 10.6 Å². The predicted molar refractivity (Wildman–Crippen MR) is 98.0 cm³/mol. The Hall–Kier alpha value is -2.30. The molecule has 0 atom stereocenters. The molecule has 2 aromatic carbocycles. The summed E-state index contributed by atoms with van der Waals surface area (Å²) in [6.45, 7) is 4.33. The van der Waals surface area contributed by atoms with E-state index in [0.717, 1.165) is 22.4 Å². The molecular formula is C17H14Cl2N4. The van der Waals surface area contributed by atoms with Crippen LogP contribution in [0.1, 0.15) is 0 Å². The van der Waals surface area contributed by atoms with Crippen LogP contribution in [0, 0.1) is 0 Å². The fourth-order valence-corrected chi connectivity index (χ4v) is 2.44. The molecule has 4 nitrogen and oxygen atoms in total. The van der Waals surface area contributed by atoms with Crippen LogP contribution < -0.4 is 10.6 Å². The van der Waals surface area contributed by atoms with Crippen molar-refractivity contribution in [2.45, 2.75) is 0 Å². The number of halogens is 2. The zero-order chi connectivity index (χ0) is 16.2. The first-order valence-electron chi connectivity index (χ1n) is 7.01. The Morgan fingerprint density at radius 3 is 2.65 bits per heavy atom. The lowest BCUT2D eigenvalue weighted by Gasteiger charge is -2.11. The summed E-state index contributed by atoms with van der Waals surface area (Å²) in [6, 6.07) is 13.1.